The maximum Gasteiger partial charge on any atom is 0.110 e. The molecule has 3 rings (SSSR count). The number of nitrogens with zero attached hydrogens (tertiary/aromatic N) is 2. The van der Waals surface area contributed by atoms with Crippen LogP contribution in [-0.4, -0.2) is 15.6 Å². The highest BCUT2D eigenvalue weighted by molar-refractivity contribution is 7.05. The van der Waals surface area contributed by atoms with Gasteiger partial charge in [0.2, 0.25) is 0 Å². The second kappa shape index (κ2) is 5.80. The zero-order valence-corrected chi connectivity index (χ0v) is 12.0. The van der Waals surface area contributed by atoms with E-state index in [1.54, 1.807) is 0 Å². The van der Waals surface area contributed by atoms with Gasteiger partial charge in [-0.05, 0) is 36.4 Å². The molecule has 0 unspecified atom stereocenters. The minimum Gasteiger partial charge on any atom is -0.309 e. The first-order valence-electron chi connectivity index (χ1n) is 7.00. The molecule has 1 aromatic heterocycles. The topological polar surface area (TPSA) is 37.8 Å². The van der Waals surface area contributed by atoms with Gasteiger partial charge in [0, 0.05) is 18.2 Å². The van der Waals surface area contributed by atoms with Crippen molar-refractivity contribution in [2.45, 2.75) is 45.2 Å². The van der Waals surface area contributed by atoms with Gasteiger partial charge in [-0.3, -0.25) is 0 Å². The first-order chi connectivity index (χ1) is 9.36. The van der Waals surface area contributed by atoms with E-state index in [9.17, 15) is 0 Å². The lowest BCUT2D eigenvalue weighted by atomic mass is 10.1. The van der Waals surface area contributed by atoms with E-state index in [0.717, 1.165) is 24.7 Å². The van der Waals surface area contributed by atoms with E-state index >= 15 is 0 Å². The molecule has 0 spiro atoms. The highest BCUT2D eigenvalue weighted by Crippen LogP contribution is 2.26. The van der Waals surface area contributed by atoms with Gasteiger partial charge in [0.05, 0.1) is 4.88 Å². The average molecular weight is 273 g/mol. The number of hydrogen-bond acceptors (Lipinski definition) is 4. The predicted molar refractivity (Wildman–Crippen MR) is 79.2 cm³/mol. The molecule has 0 atom stereocenters. The summed E-state index contributed by atoms with van der Waals surface area (Å²) < 4.78 is 4.11. The van der Waals surface area contributed by atoms with Crippen LogP contribution >= 0.6 is 11.5 Å². The standard InChI is InChI=1S/C15H19N3S/c1-2-3-11-4-6-12(7-5-11)15-14(19-18-17-15)10-16-13-8-9-13/h4-7,13,16H,2-3,8-10H2,1H3. The molecule has 1 fully saturated rings. The van der Waals surface area contributed by atoms with E-state index in [-0.39, 0.29) is 0 Å². The molecular formula is C15H19N3S. The molecule has 0 aliphatic heterocycles. The van der Waals surface area contributed by atoms with Crippen molar-refractivity contribution in [2.75, 3.05) is 0 Å². The summed E-state index contributed by atoms with van der Waals surface area (Å²) in [5, 5.41) is 7.82. The molecule has 4 heteroatoms. The number of nitrogens with one attached hydrogen (secondary N) is 1. The van der Waals surface area contributed by atoms with E-state index in [2.05, 4.69) is 46.1 Å². The maximum absolute atomic E-state index is 4.29. The molecule has 0 saturated heterocycles. The SMILES string of the molecule is CCCc1ccc(-c2nnsc2CNC2CC2)cc1. The molecule has 0 radical (unpaired) electrons. The Hall–Kier alpha value is -1.26. The summed E-state index contributed by atoms with van der Waals surface area (Å²) in [5.41, 5.74) is 3.62. The van der Waals surface area contributed by atoms with Gasteiger partial charge >= 0.3 is 0 Å². The summed E-state index contributed by atoms with van der Waals surface area (Å²) in [6.45, 7) is 3.11. The highest BCUT2D eigenvalue weighted by Gasteiger charge is 2.21. The summed E-state index contributed by atoms with van der Waals surface area (Å²) in [6, 6.07) is 9.47. The monoisotopic (exact) mass is 273 g/mol. The van der Waals surface area contributed by atoms with Crippen molar-refractivity contribution in [3.63, 3.8) is 0 Å². The van der Waals surface area contributed by atoms with Gasteiger partial charge in [-0.1, -0.05) is 42.1 Å². The van der Waals surface area contributed by atoms with E-state index < -0.39 is 0 Å². The molecule has 1 heterocycles. The number of benzene rings is 1. The van der Waals surface area contributed by atoms with E-state index in [1.807, 2.05) is 0 Å². The van der Waals surface area contributed by atoms with E-state index in [1.165, 1.54) is 46.8 Å². The Morgan fingerprint density at radius 1 is 1.26 bits per heavy atom. The van der Waals surface area contributed by atoms with Crippen LogP contribution in [-0.2, 0) is 13.0 Å². The lowest BCUT2D eigenvalue weighted by Gasteiger charge is -2.04. The van der Waals surface area contributed by atoms with E-state index in [4.69, 9.17) is 0 Å². The second-order valence-electron chi connectivity index (χ2n) is 5.15. The molecule has 2 aromatic rings. The van der Waals surface area contributed by atoms with Gasteiger partial charge in [0.15, 0.2) is 0 Å². The Morgan fingerprint density at radius 2 is 2.05 bits per heavy atom. The van der Waals surface area contributed by atoms with Crippen molar-refractivity contribution >= 4 is 11.5 Å². The highest BCUT2D eigenvalue weighted by atomic mass is 32.1. The third-order valence-corrected chi connectivity index (χ3v) is 4.17. The van der Waals surface area contributed by atoms with Crippen LogP contribution in [0, 0.1) is 0 Å². The Labute approximate surface area is 118 Å². The summed E-state index contributed by atoms with van der Waals surface area (Å²) >= 11 is 1.50. The predicted octanol–water partition coefficient (Wildman–Crippen LogP) is 3.41. The van der Waals surface area contributed by atoms with Crippen LogP contribution in [0.15, 0.2) is 24.3 Å². The van der Waals surface area contributed by atoms with E-state index in [0.29, 0.717) is 0 Å². The largest absolute Gasteiger partial charge is 0.309 e. The smallest absolute Gasteiger partial charge is 0.110 e. The third kappa shape index (κ3) is 3.19. The Balaban J connectivity index is 1.74. The third-order valence-electron chi connectivity index (χ3n) is 3.45. The Morgan fingerprint density at radius 3 is 2.74 bits per heavy atom. The van der Waals surface area contributed by atoms with Gasteiger partial charge in [-0.25, -0.2) is 0 Å². The molecule has 1 aliphatic carbocycles. The van der Waals surface area contributed by atoms with Crippen LogP contribution in [0.5, 0.6) is 0 Å². The molecular weight excluding hydrogens is 254 g/mol. The van der Waals surface area contributed by atoms with Crippen molar-refractivity contribution < 1.29 is 0 Å². The van der Waals surface area contributed by atoms with Gasteiger partial charge in [0.1, 0.15) is 5.69 Å². The molecule has 1 saturated carbocycles. The molecule has 0 amide bonds. The molecule has 100 valence electrons. The second-order valence-corrected chi connectivity index (χ2v) is 5.99. The minimum atomic E-state index is 0.724. The number of aryl methyl sites for hydroxylation is 1. The minimum absolute atomic E-state index is 0.724. The number of aromatic nitrogens is 2. The summed E-state index contributed by atoms with van der Waals surface area (Å²) in [7, 11) is 0. The maximum atomic E-state index is 4.29. The fraction of sp³-hybridized carbons (Fsp3) is 0.467. The van der Waals surface area contributed by atoms with Gasteiger partial charge in [0.25, 0.3) is 0 Å². The Kier molecular flexibility index (Phi) is 3.89. The fourth-order valence-corrected chi connectivity index (χ4v) is 2.80. The van der Waals surface area contributed by atoms with Crippen molar-refractivity contribution in [3.8, 4) is 11.3 Å². The van der Waals surface area contributed by atoms with Gasteiger partial charge < -0.3 is 5.32 Å². The van der Waals surface area contributed by atoms with Crippen LogP contribution in [0.4, 0.5) is 0 Å². The first-order valence-corrected chi connectivity index (χ1v) is 7.78. The van der Waals surface area contributed by atoms with Crippen LogP contribution in [0.3, 0.4) is 0 Å². The number of hydrogen-bond donors (Lipinski definition) is 1. The Bertz CT molecular complexity index is 529. The van der Waals surface area contributed by atoms with Gasteiger partial charge in [-0.15, -0.1) is 5.10 Å². The zero-order chi connectivity index (χ0) is 13.1. The first kappa shape index (κ1) is 12.8. The molecule has 0 bridgehead atoms. The van der Waals surface area contributed by atoms with Crippen LogP contribution in [0.1, 0.15) is 36.6 Å². The fourth-order valence-electron chi connectivity index (χ4n) is 2.19. The van der Waals surface area contributed by atoms with Crippen LogP contribution in [0.25, 0.3) is 11.3 Å². The quantitative estimate of drug-likeness (QED) is 0.876. The van der Waals surface area contributed by atoms with Crippen molar-refractivity contribution in [2.24, 2.45) is 0 Å². The zero-order valence-electron chi connectivity index (χ0n) is 11.2. The van der Waals surface area contributed by atoms with Crippen LogP contribution < -0.4 is 5.32 Å². The summed E-state index contributed by atoms with van der Waals surface area (Å²) in [6.07, 6.45) is 4.96. The molecule has 1 aromatic carbocycles. The molecule has 3 nitrogen and oxygen atoms in total. The van der Waals surface area contributed by atoms with Crippen molar-refractivity contribution in [1.82, 2.24) is 14.9 Å². The molecule has 19 heavy (non-hydrogen) atoms. The normalized spacial score (nSPS) is 14.8. The summed E-state index contributed by atoms with van der Waals surface area (Å²) in [4.78, 5) is 1.25. The van der Waals surface area contributed by atoms with Crippen LogP contribution in [0.2, 0.25) is 0 Å². The molecule has 1 N–H and O–H groups in total. The lowest BCUT2D eigenvalue weighted by molar-refractivity contribution is 0.695. The summed E-state index contributed by atoms with van der Waals surface area (Å²) in [5.74, 6) is 0. The molecule has 1 aliphatic rings. The number of rotatable bonds is 6. The van der Waals surface area contributed by atoms with Crippen molar-refractivity contribution in [1.29, 1.82) is 0 Å². The van der Waals surface area contributed by atoms with Gasteiger partial charge in [-0.2, -0.15) is 0 Å². The average Bonchev–Trinajstić information content (AvgIpc) is 3.15. The lowest BCUT2D eigenvalue weighted by Crippen LogP contribution is -2.14. The van der Waals surface area contributed by atoms with Crippen molar-refractivity contribution in [3.05, 3.63) is 34.7 Å².